The highest BCUT2D eigenvalue weighted by Gasteiger charge is 2.31. The van der Waals surface area contributed by atoms with E-state index >= 15 is 0 Å². The van der Waals surface area contributed by atoms with Gasteiger partial charge in [0.2, 0.25) is 0 Å². The van der Waals surface area contributed by atoms with Crippen LogP contribution in [0.25, 0.3) is 10.9 Å². The van der Waals surface area contributed by atoms with Gasteiger partial charge >= 0.3 is 6.36 Å². The van der Waals surface area contributed by atoms with Crippen molar-refractivity contribution in [2.45, 2.75) is 11.3 Å². The van der Waals surface area contributed by atoms with E-state index in [0.29, 0.717) is 17.0 Å². The Morgan fingerprint density at radius 1 is 1.07 bits per heavy atom. The van der Waals surface area contributed by atoms with E-state index in [1.54, 1.807) is 24.3 Å². The molecule has 3 rings (SSSR count). The number of amides is 1. The van der Waals surface area contributed by atoms with Gasteiger partial charge in [0, 0.05) is 23.2 Å². The smallest absolute Gasteiger partial charge is 0.406 e. The second-order valence-electron chi connectivity index (χ2n) is 5.33. The molecule has 1 amide bonds. The van der Waals surface area contributed by atoms with Gasteiger partial charge in [-0.1, -0.05) is 24.3 Å². The van der Waals surface area contributed by atoms with Gasteiger partial charge in [0.15, 0.2) is 0 Å². The fourth-order valence-corrected chi connectivity index (χ4v) is 3.21. The fraction of sp³-hybridized carbons (Fsp3) is 0.0625. The van der Waals surface area contributed by atoms with E-state index in [1.165, 1.54) is 6.20 Å². The van der Waals surface area contributed by atoms with Crippen LogP contribution in [-0.2, 0) is 10.0 Å². The number of hydrazine groups is 1. The number of carbonyl (C=O) groups is 1. The Hall–Kier alpha value is -3.05. The molecular weight excluding hydrogens is 387 g/mol. The fourth-order valence-electron chi connectivity index (χ4n) is 2.34. The normalized spacial score (nSPS) is 12.1. The number of hydrogen-bond acceptors (Lipinski definition) is 4. The van der Waals surface area contributed by atoms with Crippen molar-refractivity contribution in [2.24, 2.45) is 0 Å². The van der Waals surface area contributed by atoms with Gasteiger partial charge in [0.05, 0.1) is 10.5 Å². The zero-order valence-electron chi connectivity index (χ0n) is 13.4. The number of halogens is 3. The molecule has 0 aliphatic heterocycles. The molecular formula is C16H12F3N3O4S. The summed E-state index contributed by atoms with van der Waals surface area (Å²) in [6.07, 6.45) is -3.55. The van der Waals surface area contributed by atoms with Gasteiger partial charge in [-0.15, -0.1) is 18.0 Å². The second-order valence-corrected chi connectivity index (χ2v) is 7.01. The number of sulfonamides is 1. The van der Waals surface area contributed by atoms with Crippen molar-refractivity contribution < 1.29 is 31.1 Å². The number of aromatic amines is 1. The van der Waals surface area contributed by atoms with E-state index in [2.05, 4.69) is 9.72 Å². The number of benzene rings is 2. The van der Waals surface area contributed by atoms with Crippen LogP contribution in [0.3, 0.4) is 0 Å². The third-order valence-electron chi connectivity index (χ3n) is 3.48. The van der Waals surface area contributed by atoms with E-state index in [4.69, 9.17) is 0 Å². The third kappa shape index (κ3) is 4.38. The number of ether oxygens (including phenoxy) is 1. The molecule has 2 aromatic carbocycles. The lowest BCUT2D eigenvalue weighted by atomic mass is 10.2. The molecule has 3 N–H and O–H groups in total. The number of carbonyl (C=O) groups excluding carboxylic acids is 1. The summed E-state index contributed by atoms with van der Waals surface area (Å²) in [6, 6.07) is 10.7. The van der Waals surface area contributed by atoms with E-state index in [9.17, 15) is 26.4 Å². The lowest BCUT2D eigenvalue weighted by molar-refractivity contribution is -0.274. The van der Waals surface area contributed by atoms with E-state index in [0.717, 1.165) is 18.2 Å². The molecule has 0 aliphatic rings. The summed E-state index contributed by atoms with van der Waals surface area (Å²) >= 11 is 0. The number of aromatic nitrogens is 1. The van der Waals surface area contributed by atoms with Gasteiger partial charge in [0.1, 0.15) is 5.75 Å². The van der Waals surface area contributed by atoms with Crippen LogP contribution >= 0.6 is 0 Å². The van der Waals surface area contributed by atoms with Crippen LogP contribution < -0.4 is 15.0 Å². The van der Waals surface area contributed by atoms with Gasteiger partial charge in [-0.2, -0.15) is 0 Å². The molecule has 0 bridgehead atoms. The van der Waals surface area contributed by atoms with Crippen LogP contribution in [0.15, 0.2) is 59.6 Å². The Balaban J connectivity index is 1.75. The average Bonchev–Trinajstić information content (AvgIpc) is 3.03. The Morgan fingerprint density at radius 3 is 2.56 bits per heavy atom. The van der Waals surface area contributed by atoms with Crippen LogP contribution in [0.1, 0.15) is 10.4 Å². The largest absolute Gasteiger partial charge is 0.573 e. The minimum atomic E-state index is -4.96. The summed E-state index contributed by atoms with van der Waals surface area (Å²) in [4.78, 5) is 16.4. The minimum Gasteiger partial charge on any atom is -0.406 e. The first-order chi connectivity index (χ1) is 12.7. The number of rotatable bonds is 5. The maximum absolute atomic E-state index is 12.3. The van der Waals surface area contributed by atoms with Crippen molar-refractivity contribution in [3.63, 3.8) is 0 Å². The standard InChI is InChI=1S/C16H12F3N3O4S/c17-16(18,19)26-10-4-3-5-11(8-10)27(24,25)22-21-15(23)13-9-20-14-7-2-1-6-12(13)14/h1-9,20,22H,(H,21,23). The van der Waals surface area contributed by atoms with Gasteiger partial charge in [0.25, 0.3) is 15.9 Å². The predicted octanol–water partition coefficient (Wildman–Crippen LogP) is 2.69. The second kappa shape index (κ2) is 6.93. The molecule has 0 atom stereocenters. The molecule has 7 nitrogen and oxygen atoms in total. The monoisotopic (exact) mass is 399 g/mol. The Labute approximate surface area is 151 Å². The lowest BCUT2D eigenvalue weighted by Crippen LogP contribution is -2.41. The SMILES string of the molecule is O=C(NNS(=O)(=O)c1cccc(OC(F)(F)F)c1)c1c[nH]c2ccccc12. The molecule has 0 fully saturated rings. The molecule has 142 valence electrons. The number of para-hydroxylation sites is 1. The summed E-state index contributed by atoms with van der Waals surface area (Å²) in [7, 11) is -4.32. The quantitative estimate of drug-likeness (QED) is 0.575. The molecule has 0 spiro atoms. The molecule has 0 aliphatic carbocycles. The third-order valence-corrected chi connectivity index (χ3v) is 4.73. The van der Waals surface area contributed by atoms with Crippen molar-refractivity contribution in [3.8, 4) is 5.75 Å². The summed E-state index contributed by atoms with van der Waals surface area (Å²) in [5, 5.41) is 0.578. The van der Waals surface area contributed by atoms with Crippen molar-refractivity contribution >= 4 is 26.8 Å². The van der Waals surface area contributed by atoms with Gasteiger partial charge in [-0.05, 0) is 18.2 Å². The molecule has 1 heterocycles. The van der Waals surface area contributed by atoms with Crippen LogP contribution in [0.2, 0.25) is 0 Å². The summed E-state index contributed by atoms with van der Waals surface area (Å²) in [5.41, 5.74) is 2.90. The van der Waals surface area contributed by atoms with E-state index in [-0.39, 0.29) is 5.56 Å². The van der Waals surface area contributed by atoms with Crippen molar-refractivity contribution in [1.82, 2.24) is 15.2 Å². The van der Waals surface area contributed by atoms with Crippen molar-refractivity contribution in [2.75, 3.05) is 0 Å². The first-order valence-electron chi connectivity index (χ1n) is 7.40. The van der Waals surface area contributed by atoms with E-state index < -0.39 is 32.9 Å². The minimum absolute atomic E-state index is 0.197. The topological polar surface area (TPSA) is 100 Å². The molecule has 11 heteroatoms. The number of alkyl halides is 3. The zero-order chi connectivity index (χ0) is 19.7. The summed E-state index contributed by atoms with van der Waals surface area (Å²) < 4.78 is 64.9. The highest BCUT2D eigenvalue weighted by Crippen LogP contribution is 2.24. The molecule has 0 saturated carbocycles. The molecule has 0 radical (unpaired) electrons. The van der Waals surface area contributed by atoms with Crippen LogP contribution in [0.5, 0.6) is 5.75 Å². The first kappa shape index (κ1) is 18.7. The van der Waals surface area contributed by atoms with Gasteiger partial charge in [-0.25, -0.2) is 8.42 Å². The molecule has 3 aromatic rings. The molecule has 1 aromatic heterocycles. The lowest BCUT2D eigenvalue weighted by Gasteiger charge is -2.11. The maximum Gasteiger partial charge on any atom is 0.573 e. The Kier molecular flexibility index (Phi) is 4.81. The highest BCUT2D eigenvalue weighted by atomic mass is 32.2. The van der Waals surface area contributed by atoms with Crippen LogP contribution in [-0.4, -0.2) is 25.7 Å². The number of hydrogen-bond donors (Lipinski definition) is 3. The predicted molar refractivity (Wildman–Crippen MR) is 89.2 cm³/mol. The Bertz CT molecular complexity index is 1090. The van der Waals surface area contributed by atoms with Gasteiger partial charge < -0.3 is 9.72 Å². The summed E-state index contributed by atoms with van der Waals surface area (Å²) in [5.74, 6) is -1.44. The van der Waals surface area contributed by atoms with Crippen molar-refractivity contribution in [1.29, 1.82) is 0 Å². The molecule has 27 heavy (non-hydrogen) atoms. The van der Waals surface area contributed by atoms with Crippen LogP contribution in [0.4, 0.5) is 13.2 Å². The molecule has 0 saturated heterocycles. The Morgan fingerprint density at radius 2 is 1.81 bits per heavy atom. The molecule has 0 unspecified atom stereocenters. The van der Waals surface area contributed by atoms with Gasteiger partial charge in [-0.3, -0.25) is 10.2 Å². The summed E-state index contributed by atoms with van der Waals surface area (Å²) in [6.45, 7) is 0. The number of fused-ring (bicyclic) bond motifs is 1. The van der Waals surface area contributed by atoms with Crippen molar-refractivity contribution in [3.05, 3.63) is 60.3 Å². The number of nitrogens with one attached hydrogen (secondary N) is 3. The first-order valence-corrected chi connectivity index (χ1v) is 8.88. The maximum atomic E-state index is 12.3. The zero-order valence-corrected chi connectivity index (χ0v) is 14.2. The average molecular weight is 399 g/mol. The van der Waals surface area contributed by atoms with E-state index in [1.807, 2.05) is 10.3 Å². The van der Waals surface area contributed by atoms with Crippen LogP contribution in [0, 0.1) is 0 Å². The number of H-pyrrole nitrogens is 1. The highest BCUT2D eigenvalue weighted by molar-refractivity contribution is 7.89.